The van der Waals surface area contributed by atoms with E-state index in [1.165, 1.54) is 12.1 Å². The first kappa shape index (κ1) is 14.6. The van der Waals surface area contributed by atoms with Gasteiger partial charge in [-0.1, -0.05) is 6.92 Å². The maximum Gasteiger partial charge on any atom is 0.189 e. The smallest absolute Gasteiger partial charge is 0.189 e. The summed E-state index contributed by atoms with van der Waals surface area (Å²) in [6.07, 6.45) is 0.986. The molecule has 0 aliphatic rings. The number of anilines is 1. The van der Waals surface area contributed by atoms with Crippen molar-refractivity contribution in [1.29, 1.82) is 0 Å². The second-order valence-electron chi connectivity index (χ2n) is 3.47. The maximum atomic E-state index is 12.7. The molecular weight excluding hydrogens is 271 g/mol. The van der Waals surface area contributed by atoms with E-state index in [-0.39, 0.29) is 5.82 Å². The Bertz CT molecular complexity index is 408. The lowest BCUT2D eigenvalue weighted by Gasteiger charge is -2.13. The van der Waals surface area contributed by atoms with E-state index in [9.17, 15) is 4.39 Å². The molecule has 0 saturated heterocycles. The molecule has 0 aliphatic carbocycles. The van der Waals surface area contributed by atoms with Crippen LogP contribution in [0.5, 0.6) is 0 Å². The summed E-state index contributed by atoms with van der Waals surface area (Å²) in [7, 11) is 0. The summed E-state index contributed by atoms with van der Waals surface area (Å²) in [5.41, 5.74) is 6.17. The standard InChI is InChI=1S/C11H15FN4S2/c1-2-7-13-10(17)15-16-11(18)14-9-5-3-8(12)4-6-9/h3-6H,2,7H2,1H3,(H2,13,15,17)(H2,14,16,18). The van der Waals surface area contributed by atoms with E-state index < -0.39 is 0 Å². The molecule has 0 aliphatic heterocycles. The number of nitrogens with one attached hydrogen (secondary N) is 4. The number of halogens is 1. The van der Waals surface area contributed by atoms with Crippen molar-refractivity contribution in [2.75, 3.05) is 11.9 Å². The predicted molar refractivity (Wildman–Crippen MR) is 79.8 cm³/mol. The molecule has 0 atom stereocenters. The van der Waals surface area contributed by atoms with Crippen molar-refractivity contribution < 1.29 is 4.39 Å². The minimum atomic E-state index is -0.289. The fraction of sp³-hybridized carbons (Fsp3) is 0.273. The van der Waals surface area contributed by atoms with E-state index in [1.807, 2.05) is 6.92 Å². The Morgan fingerprint density at radius 3 is 2.33 bits per heavy atom. The van der Waals surface area contributed by atoms with Crippen molar-refractivity contribution in [2.45, 2.75) is 13.3 Å². The minimum Gasteiger partial charge on any atom is -0.361 e. The number of thiocarbonyl (C=S) groups is 2. The van der Waals surface area contributed by atoms with Gasteiger partial charge in [-0.2, -0.15) is 0 Å². The fourth-order valence-electron chi connectivity index (χ4n) is 1.09. The average molecular weight is 286 g/mol. The first-order valence-corrected chi connectivity index (χ1v) is 6.30. The maximum absolute atomic E-state index is 12.7. The van der Waals surface area contributed by atoms with Gasteiger partial charge in [0.25, 0.3) is 0 Å². The molecule has 0 amide bonds. The summed E-state index contributed by atoms with van der Waals surface area (Å²) in [4.78, 5) is 0. The predicted octanol–water partition coefficient (Wildman–Crippen LogP) is 1.90. The molecular formula is C11H15FN4S2. The van der Waals surface area contributed by atoms with Crippen LogP contribution in [0.3, 0.4) is 0 Å². The molecule has 0 bridgehead atoms. The van der Waals surface area contributed by atoms with Crippen molar-refractivity contribution in [3.8, 4) is 0 Å². The second kappa shape index (κ2) is 7.78. The molecule has 0 aromatic heterocycles. The van der Waals surface area contributed by atoms with Crippen molar-refractivity contribution in [3.63, 3.8) is 0 Å². The van der Waals surface area contributed by atoms with E-state index in [0.717, 1.165) is 13.0 Å². The van der Waals surface area contributed by atoms with E-state index >= 15 is 0 Å². The van der Waals surface area contributed by atoms with Crippen molar-refractivity contribution in [2.24, 2.45) is 0 Å². The van der Waals surface area contributed by atoms with Gasteiger partial charge in [-0.25, -0.2) is 4.39 Å². The molecule has 1 rings (SSSR count). The monoisotopic (exact) mass is 286 g/mol. The zero-order chi connectivity index (χ0) is 13.4. The third-order valence-electron chi connectivity index (χ3n) is 1.93. The van der Waals surface area contributed by atoms with Crippen LogP contribution in [0, 0.1) is 5.82 Å². The molecule has 0 unspecified atom stereocenters. The lowest BCUT2D eigenvalue weighted by molar-refractivity contribution is 0.628. The zero-order valence-corrected chi connectivity index (χ0v) is 11.6. The lowest BCUT2D eigenvalue weighted by Crippen LogP contribution is -2.48. The van der Waals surface area contributed by atoms with Gasteiger partial charge < -0.3 is 10.6 Å². The summed E-state index contributed by atoms with van der Waals surface area (Å²) in [5.74, 6) is -0.289. The molecule has 98 valence electrons. The van der Waals surface area contributed by atoms with Crippen molar-refractivity contribution in [1.82, 2.24) is 16.2 Å². The molecule has 0 saturated carbocycles. The van der Waals surface area contributed by atoms with Crippen LogP contribution in [0.15, 0.2) is 24.3 Å². The van der Waals surface area contributed by atoms with Gasteiger partial charge in [0.1, 0.15) is 5.82 Å². The summed E-state index contributed by atoms with van der Waals surface area (Å²) < 4.78 is 12.7. The zero-order valence-electron chi connectivity index (χ0n) is 9.92. The van der Waals surface area contributed by atoms with Crippen LogP contribution in [-0.4, -0.2) is 16.8 Å². The van der Waals surface area contributed by atoms with E-state index in [4.69, 9.17) is 24.4 Å². The molecule has 18 heavy (non-hydrogen) atoms. The summed E-state index contributed by atoms with van der Waals surface area (Å²) in [5, 5.41) is 6.69. The molecule has 7 heteroatoms. The van der Waals surface area contributed by atoms with Crippen molar-refractivity contribution >= 4 is 40.3 Å². The third-order valence-corrected chi connectivity index (χ3v) is 2.38. The Labute approximate surface area is 116 Å². The van der Waals surface area contributed by atoms with Gasteiger partial charge in [-0.05, 0) is 55.1 Å². The highest BCUT2D eigenvalue weighted by atomic mass is 32.1. The lowest BCUT2D eigenvalue weighted by atomic mass is 10.3. The first-order valence-electron chi connectivity index (χ1n) is 5.48. The Kier molecular flexibility index (Phi) is 6.31. The van der Waals surface area contributed by atoms with E-state index in [0.29, 0.717) is 15.9 Å². The SMILES string of the molecule is CCCNC(=S)NNC(=S)Nc1ccc(F)cc1. The van der Waals surface area contributed by atoms with Crippen LogP contribution in [0.2, 0.25) is 0 Å². The van der Waals surface area contributed by atoms with Crippen LogP contribution in [0.25, 0.3) is 0 Å². The number of rotatable bonds is 3. The average Bonchev–Trinajstić information content (AvgIpc) is 2.36. The van der Waals surface area contributed by atoms with Crippen LogP contribution in [0.4, 0.5) is 10.1 Å². The van der Waals surface area contributed by atoms with Crippen LogP contribution in [-0.2, 0) is 0 Å². The third kappa shape index (κ3) is 5.74. The molecule has 1 aromatic rings. The van der Waals surface area contributed by atoms with Crippen LogP contribution >= 0.6 is 24.4 Å². The number of hydrogen-bond acceptors (Lipinski definition) is 2. The normalized spacial score (nSPS) is 9.44. The number of hydrogen-bond donors (Lipinski definition) is 4. The summed E-state index contributed by atoms with van der Waals surface area (Å²) in [6.45, 7) is 2.84. The van der Waals surface area contributed by atoms with Gasteiger partial charge >= 0.3 is 0 Å². The number of benzene rings is 1. The van der Waals surface area contributed by atoms with Crippen molar-refractivity contribution in [3.05, 3.63) is 30.1 Å². The molecule has 0 spiro atoms. The van der Waals surface area contributed by atoms with Crippen LogP contribution in [0.1, 0.15) is 13.3 Å². The highest BCUT2D eigenvalue weighted by Crippen LogP contribution is 2.07. The Morgan fingerprint density at radius 2 is 1.72 bits per heavy atom. The molecule has 4 nitrogen and oxygen atoms in total. The minimum absolute atomic E-state index is 0.289. The Hall–Kier alpha value is -1.47. The van der Waals surface area contributed by atoms with Gasteiger partial charge in [-0.3, -0.25) is 10.9 Å². The van der Waals surface area contributed by atoms with Crippen LogP contribution < -0.4 is 21.5 Å². The number of hydrazine groups is 1. The quantitative estimate of drug-likeness (QED) is 0.503. The highest BCUT2D eigenvalue weighted by Gasteiger charge is 1.98. The fourth-order valence-corrected chi connectivity index (χ4v) is 1.41. The van der Waals surface area contributed by atoms with Gasteiger partial charge in [0.05, 0.1) is 0 Å². The van der Waals surface area contributed by atoms with Gasteiger partial charge in [-0.15, -0.1) is 0 Å². The molecule has 0 radical (unpaired) electrons. The van der Waals surface area contributed by atoms with E-state index in [1.54, 1.807) is 12.1 Å². The second-order valence-corrected chi connectivity index (χ2v) is 4.28. The Morgan fingerprint density at radius 1 is 1.11 bits per heavy atom. The van der Waals surface area contributed by atoms with Gasteiger partial charge in [0.2, 0.25) is 0 Å². The molecule has 0 heterocycles. The summed E-state index contributed by atoms with van der Waals surface area (Å²) >= 11 is 10.0. The van der Waals surface area contributed by atoms with E-state index in [2.05, 4.69) is 21.5 Å². The highest BCUT2D eigenvalue weighted by molar-refractivity contribution is 7.80. The topological polar surface area (TPSA) is 48.1 Å². The molecule has 1 aromatic carbocycles. The van der Waals surface area contributed by atoms with Gasteiger partial charge in [0, 0.05) is 12.2 Å². The largest absolute Gasteiger partial charge is 0.361 e. The summed E-state index contributed by atoms with van der Waals surface area (Å²) in [6, 6.07) is 5.89. The van der Waals surface area contributed by atoms with Gasteiger partial charge in [0.15, 0.2) is 10.2 Å². The molecule has 4 N–H and O–H groups in total. The molecule has 0 fully saturated rings. The first-order chi connectivity index (χ1) is 8.61. The Balaban J connectivity index is 2.29.